The fraction of sp³-hybridized carbons (Fsp3) is 0.364. The largest absolute Gasteiger partial charge is 0.484 e. The van der Waals surface area contributed by atoms with E-state index >= 15 is 0 Å². The van der Waals surface area contributed by atoms with Crippen molar-refractivity contribution in [2.75, 3.05) is 6.61 Å². The van der Waals surface area contributed by atoms with E-state index in [4.69, 9.17) is 5.41 Å². The Labute approximate surface area is 104 Å². The lowest BCUT2D eigenvalue weighted by molar-refractivity contribution is -0.153. The van der Waals surface area contributed by atoms with Gasteiger partial charge >= 0.3 is 6.18 Å². The van der Waals surface area contributed by atoms with E-state index in [9.17, 15) is 17.4 Å². The molecule has 0 fully saturated rings. The van der Waals surface area contributed by atoms with Crippen LogP contribution >= 0.6 is 0 Å². The molecule has 1 aromatic carbocycles. The maximum absolute atomic E-state index is 12.0. The van der Waals surface area contributed by atoms with Crippen LogP contribution in [0.2, 0.25) is 0 Å². The minimum Gasteiger partial charge on any atom is -0.484 e. The van der Waals surface area contributed by atoms with Crippen LogP contribution in [-0.4, -0.2) is 28.0 Å². The number of nitrogens with one attached hydrogen (secondary N) is 1. The van der Waals surface area contributed by atoms with Gasteiger partial charge in [-0.2, -0.15) is 13.2 Å². The van der Waals surface area contributed by atoms with E-state index in [1.165, 1.54) is 18.2 Å². The van der Waals surface area contributed by atoms with Crippen molar-refractivity contribution >= 4 is 16.5 Å². The molecule has 1 heterocycles. The average molecular weight is 277 g/mol. The van der Waals surface area contributed by atoms with Gasteiger partial charge in [0.15, 0.2) is 6.61 Å². The van der Waals surface area contributed by atoms with Crippen LogP contribution in [0, 0.1) is 5.41 Å². The van der Waals surface area contributed by atoms with Crippen LogP contribution in [0.15, 0.2) is 23.1 Å². The summed E-state index contributed by atoms with van der Waals surface area (Å²) in [6.07, 6.45) is -4.40. The van der Waals surface area contributed by atoms with Gasteiger partial charge in [-0.15, -0.1) is 0 Å². The number of rotatable bonds is 2. The molecule has 0 aromatic heterocycles. The fourth-order valence-electron chi connectivity index (χ4n) is 1.66. The molecule has 0 aliphatic carbocycles. The predicted molar refractivity (Wildman–Crippen MR) is 60.7 cm³/mol. The lowest BCUT2D eigenvalue weighted by atomic mass is 10.1. The second-order valence-electron chi connectivity index (χ2n) is 3.92. The lowest BCUT2D eigenvalue weighted by Gasteiger charge is -2.09. The molecule has 0 radical (unpaired) electrons. The minimum atomic E-state index is -4.40. The van der Waals surface area contributed by atoms with Crippen LogP contribution in [0.5, 0.6) is 5.75 Å². The summed E-state index contributed by atoms with van der Waals surface area (Å²) in [6.45, 7) is 0.264. The fourth-order valence-corrected chi connectivity index (χ4v) is 3.01. The summed E-state index contributed by atoms with van der Waals surface area (Å²) >= 11 is 0. The molecular formula is C11H10F3NO2S. The number of hydrogen-bond donors (Lipinski definition) is 1. The van der Waals surface area contributed by atoms with Crippen LogP contribution in [0.1, 0.15) is 12.5 Å². The highest BCUT2D eigenvalue weighted by molar-refractivity contribution is 7.87. The first-order chi connectivity index (χ1) is 8.29. The molecule has 0 bridgehead atoms. The van der Waals surface area contributed by atoms with Gasteiger partial charge in [-0.05, 0) is 25.1 Å². The molecule has 3 nitrogen and oxygen atoms in total. The zero-order chi connectivity index (χ0) is 13.5. The minimum absolute atomic E-state index is 0.0151. The van der Waals surface area contributed by atoms with Crippen LogP contribution in [0.3, 0.4) is 0 Å². The summed E-state index contributed by atoms with van der Waals surface area (Å²) in [5, 5.41) is 7.29. The molecule has 0 spiro atoms. The van der Waals surface area contributed by atoms with Crippen molar-refractivity contribution in [3.8, 4) is 5.75 Å². The first kappa shape index (κ1) is 13.1. The normalized spacial score (nSPS) is 23.0. The van der Waals surface area contributed by atoms with E-state index < -0.39 is 28.8 Å². The molecule has 0 amide bonds. The summed E-state index contributed by atoms with van der Waals surface area (Å²) in [5.41, 5.74) is 0.755. The van der Waals surface area contributed by atoms with E-state index in [-0.39, 0.29) is 11.5 Å². The standard InChI is InChI=1S/C11H10F3NO2S/c1-6-10(15)8-3-2-7(4-9(8)18(6)16)17-5-11(12,13)14/h2-4,6,15H,5H2,1H3/t6-,18+/m0/s1. The molecule has 1 aromatic rings. The molecule has 18 heavy (non-hydrogen) atoms. The molecule has 0 saturated carbocycles. The Bertz CT molecular complexity index is 528. The van der Waals surface area contributed by atoms with Crippen molar-refractivity contribution in [2.45, 2.75) is 23.2 Å². The Morgan fingerprint density at radius 3 is 2.72 bits per heavy atom. The summed E-state index contributed by atoms with van der Waals surface area (Å²) in [4.78, 5) is 0.368. The van der Waals surface area contributed by atoms with Crippen LogP contribution in [0.4, 0.5) is 13.2 Å². The maximum atomic E-state index is 12.0. The molecule has 1 aliphatic heterocycles. The zero-order valence-electron chi connectivity index (χ0n) is 9.38. The summed E-state index contributed by atoms with van der Waals surface area (Å²) in [7, 11) is -1.39. The Kier molecular flexibility index (Phi) is 3.18. The van der Waals surface area contributed by atoms with Gasteiger partial charge in [0.2, 0.25) is 0 Å². The SMILES string of the molecule is C[C@H]1C(=N)c2ccc(OCC(F)(F)F)cc2[S@@]1=O. The van der Waals surface area contributed by atoms with Crippen LogP contribution in [-0.2, 0) is 10.8 Å². The lowest BCUT2D eigenvalue weighted by Crippen LogP contribution is -2.19. The van der Waals surface area contributed by atoms with E-state index in [1.807, 2.05) is 0 Å². The number of ether oxygens (including phenoxy) is 1. The molecular weight excluding hydrogens is 267 g/mol. The number of halogens is 3. The van der Waals surface area contributed by atoms with Gasteiger partial charge < -0.3 is 10.1 Å². The number of benzene rings is 1. The third-order valence-corrected chi connectivity index (χ3v) is 4.24. The number of hydrogen-bond acceptors (Lipinski definition) is 3. The number of fused-ring (bicyclic) bond motifs is 1. The van der Waals surface area contributed by atoms with Gasteiger partial charge in [0, 0.05) is 5.56 Å². The van der Waals surface area contributed by atoms with Gasteiger partial charge in [-0.3, -0.25) is 4.21 Å². The van der Waals surface area contributed by atoms with Crippen molar-refractivity contribution in [3.05, 3.63) is 23.8 Å². The van der Waals surface area contributed by atoms with E-state index in [1.54, 1.807) is 6.92 Å². The maximum Gasteiger partial charge on any atom is 0.422 e. The monoisotopic (exact) mass is 277 g/mol. The van der Waals surface area contributed by atoms with Crippen molar-refractivity contribution in [2.24, 2.45) is 0 Å². The first-order valence-corrected chi connectivity index (χ1v) is 6.34. The first-order valence-electron chi connectivity index (χ1n) is 5.12. The van der Waals surface area contributed by atoms with Gasteiger partial charge in [0.25, 0.3) is 0 Å². The van der Waals surface area contributed by atoms with Crippen LogP contribution in [0.25, 0.3) is 0 Å². The summed E-state index contributed by atoms with van der Waals surface area (Å²) in [6, 6.07) is 4.15. The zero-order valence-corrected chi connectivity index (χ0v) is 10.2. The second kappa shape index (κ2) is 4.38. The van der Waals surface area contributed by atoms with Gasteiger partial charge in [0.1, 0.15) is 5.75 Å². The van der Waals surface area contributed by atoms with Gasteiger partial charge in [-0.1, -0.05) is 0 Å². The van der Waals surface area contributed by atoms with Gasteiger partial charge in [0.05, 0.1) is 26.7 Å². The molecule has 7 heteroatoms. The van der Waals surface area contributed by atoms with E-state index in [0.29, 0.717) is 10.5 Å². The molecule has 0 unspecified atom stereocenters. The highest BCUT2D eigenvalue weighted by Gasteiger charge is 2.32. The summed E-state index contributed by atoms with van der Waals surface area (Å²) < 4.78 is 52.4. The van der Waals surface area contributed by atoms with Crippen molar-refractivity contribution in [3.63, 3.8) is 0 Å². The quantitative estimate of drug-likeness (QED) is 0.903. The summed E-state index contributed by atoms with van der Waals surface area (Å²) in [5.74, 6) is 0.0151. The van der Waals surface area contributed by atoms with Crippen molar-refractivity contribution in [1.82, 2.24) is 0 Å². The smallest absolute Gasteiger partial charge is 0.422 e. The van der Waals surface area contributed by atoms with E-state index in [2.05, 4.69) is 4.74 Å². The topological polar surface area (TPSA) is 50.1 Å². The van der Waals surface area contributed by atoms with Crippen molar-refractivity contribution in [1.29, 1.82) is 5.41 Å². The Morgan fingerprint density at radius 1 is 1.44 bits per heavy atom. The van der Waals surface area contributed by atoms with Crippen LogP contribution < -0.4 is 4.74 Å². The van der Waals surface area contributed by atoms with E-state index in [0.717, 1.165) is 0 Å². The third kappa shape index (κ3) is 2.40. The second-order valence-corrected chi connectivity index (χ2v) is 5.66. The molecule has 98 valence electrons. The molecule has 2 atom stereocenters. The Balaban J connectivity index is 2.24. The molecule has 1 aliphatic rings. The number of alkyl halides is 3. The molecule has 1 N–H and O–H groups in total. The Hall–Kier alpha value is -1.37. The predicted octanol–water partition coefficient (Wildman–Crippen LogP) is 2.51. The average Bonchev–Trinajstić information content (AvgIpc) is 2.51. The third-order valence-electron chi connectivity index (χ3n) is 2.59. The Morgan fingerprint density at radius 2 is 2.11 bits per heavy atom. The highest BCUT2D eigenvalue weighted by atomic mass is 32.2. The van der Waals surface area contributed by atoms with Crippen molar-refractivity contribution < 1.29 is 22.1 Å². The molecule has 0 saturated heterocycles. The highest BCUT2D eigenvalue weighted by Crippen LogP contribution is 2.31. The van der Waals surface area contributed by atoms with Gasteiger partial charge in [-0.25, -0.2) is 0 Å². The molecule has 2 rings (SSSR count).